The molecule has 1 amide bonds. The van der Waals surface area contributed by atoms with Crippen LogP contribution in [0.3, 0.4) is 0 Å². The molecule has 4 nitrogen and oxygen atoms in total. The Bertz CT molecular complexity index is 751. The number of hydrogen-bond acceptors (Lipinski definition) is 4. The SMILES string of the molecule is CC(C)CNC(=O)[C@H](C)Sc1nc(-c2ccccc2)cc(C(F)(F)F)n1. The van der Waals surface area contributed by atoms with Gasteiger partial charge in [0.25, 0.3) is 0 Å². The molecule has 0 unspecified atom stereocenters. The average Bonchev–Trinajstić information content (AvgIpc) is 2.59. The van der Waals surface area contributed by atoms with Crippen molar-refractivity contribution in [1.29, 1.82) is 0 Å². The summed E-state index contributed by atoms with van der Waals surface area (Å²) in [6.45, 7) is 6.04. The second-order valence-electron chi connectivity index (χ2n) is 6.18. The molecular formula is C18H20F3N3OS. The summed E-state index contributed by atoms with van der Waals surface area (Å²) in [6.07, 6.45) is -4.59. The van der Waals surface area contributed by atoms with Gasteiger partial charge in [0.15, 0.2) is 5.16 Å². The highest BCUT2D eigenvalue weighted by Gasteiger charge is 2.34. The van der Waals surface area contributed by atoms with E-state index in [9.17, 15) is 18.0 Å². The zero-order chi connectivity index (χ0) is 19.3. The van der Waals surface area contributed by atoms with Crippen LogP contribution < -0.4 is 5.32 Å². The van der Waals surface area contributed by atoms with Gasteiger partial charge in [0.2, 0.25) is 5.91 Å². The van der Waals surface area contributed by atoms with Gasteiger partial charge in [0, 0.05) is 12.1 Å². The Morgan fingerprint density at radius 1 is 1.15 bits per heavy atom. The lowest BCUT2D eigenvalue weighted by Gasteiger charge is -2.14. The highest BCUT2D eigenvalue weighted by molar-refractivity contribution is 8.00. The number of alkyl halides is 3. The number of nitrogens with zero attached hydrogens (tertiary/aromatic N) is 2. The highest BCUT2D eigenvalue weighted by Crippen LogP contribution is 2.32. The minimum Gasteiger partial charge on any atom is -0.355 e. The van der Waals surface area contributed by atoms with Gasteiger partial charge in [0.1, 0.15) is 5.69 Å². The zero-order valence-corrected chi connectivity index (χ0v) is 15.5. The predicted molar refractivity (Wildman–Crippen MR) is 95.6 cm³/mol. The third-order valence-corrected chi connectivity index (χ3v) is 4.36. The number of rotatable bonds is 6. The lowest BCUT2D eigenvalue weighted by Crippen LogP contribution is -2.33. The minimum atomic E-state index is -4.59. The van der Waals surface area contributed by atoms with Gasteiger partial charge in [-0.1, -0.05) is 55.9 Å². The first-order valence-electron chi connectivity index (χ1n) is 8.13. The van der Waals surface area contributed by atoms with Crippen molar-refractivity contribution in [2.45, 2.75) is 37.4 Å². The summed E-state index contributed by atoms with van der Waals surface area (Å²) in [5, 5.41) is 2.07. The van der Waals surface area contributed by atoms with Crippen LogP contribution in [-0.4, -0.2) is 27.7 Å². The Morgan fingerprint density at radius 2 is 1.81 bits per heavy atom. The van der Waals surface area contributed by atoms with E-state index >= 15 is 0 Å². The van der Waals surface area contributed by atoms with Crippen LogP contribution in [0.2, 0.25) is 0 Å². The molecule has 0 bridgehead atoms. The molecule has 1 atom stereocenters. The molecular weight excluding hydrogens is 363 g/mol. The molecule has 0 aliphatic rings. The molecule has 2 rings (SSSR count). The number of carbonyl (C=O) groups excluding carboxylic acids is 1. The fourth-order valence-corrected chi connectivity index (χ4v) is 2.85. The molecule has 1 N–H and O–H groups in total. The second kappa shape index (κ2) is 8.53. The molecule has 140 valence electrons. The van der Waals surface area contributed by atoms with E-state index in [0.717, 1.165) is 17.8 Å². The van der Waals surface area contributed by atoms with Crippen molar-refractivity contribution in [2.75, 3.05) is 6.54 Å². The molecule has 26 heavy (non-hydrogen) atoms. The van der Waals surface area contributed by atoms with Crippen LogP contribution >= 0.6 is 11.8 Å². The summed E-state index contributed by atoms with van der Waals surface area (Å²) in [5.74, 6) is 0.0246. The molecule has 1 heterocycles. The van der Waals surface area contributed by atoms with Gasteiger partial charge in [0.05, 0.1) is 10.9 Å². The average molecular weight is 383 g/mol. The normalized spacial score (nSPS) is 12.9. The summed E-state index contributed by atoms with van der Waals surface area (Å²) < 4.78 is 39.6. The number of halogens is 3. The Kier molecular flexibility index (Phi) is 6.63. The van der Waals surface area contributed by atoms with Crippen molar-refractivity contribution in [3.05, 3.63) is 42.1 Å². The molecule has 0 aliphatic heterocycles. The van der Waals surface area contributed by atoms with E-state index in [1.165, 1.54) is 0 Å². The van der Waals surface area contributed by atoms with Crippen molar-refractivity contribution in [3.8, 4) is 11.3 Å². The van der Waals surface area contributed by atoms with E-state index in [0.29, 0.717) is 12.1 Å². The maximum Gasteiger partial charge on any atom is 0.433 e. The number of hydrogen-bond donors (Lipinski definition) is 1. The Balaban J connectivity index is 2.28. The maximum atomic E-state index is 13.2. The monoisotopic (exact) mass is 383 g/mol. The summed E-state index contributed by atoms with van der Waals surface area (Å²) >= 11 is 0.908. The van der Waals surface area contributed by atoms with Crippen molar-refractivity contribution in [1.82, 2.24) is 15.3 Å². The first kappa shape index (κ1) is 20.2. The molecule has 0 saturated heterocycles. The number of thioether (sulfide) groups is 1. The summed E-state index contributed by atoms with van der Waals surface area (Å²) in [7, 11) is 0. The van der Waals surface area contributed by atoms with Crippen molar-refractivity contribution < 1.29 is 18.0 Å². The molecule has 0 fully saturated rings. The largest absolute Gasteiger partial charge is 0.433 e. The maximum absolute atomic E-state index is 13.2. The van der Waals surface area contributed by atoms with E-state index in [1.807, 2.05) is 13.8 Å². The molecule has 0 spiro atoms. The third kappa shape index (κ3) is 5.72. The Morgan fingerprint density at radius 3 is 2.38 bits per heavy atom. The van der Waals surface area contributed by atoms with Gasteiger partial charge >= 0.3 is 6.18 Å². The zero-order valence-electron chi connectivity index (χ0n) is 14.7. The highest BCUT2D eigenvalue weighted by atomic mass is 32.2. The molecule has 2 aromatic rings. The number of benzene rings is 1. The van der Waals surface area contributed by atoms with Crippen LogP contribution in [0, 0.1) is 5.92 Å². The summed E-state index contributed by atoms with van der Waals surface area (Å²) in [6, 6.07) is 9.49. The van der Waals surface area contributed by atoms with Crippen LogP contribution in [0.15, 0.2) is 41.6 Å². The van der Waals surface area contributed by atoms with Gasteiger partial charge in [-0.3, -0.25) is 4.79 Å². The number of carbonyl (C=O) groups is 1. The van der Waals surface area contributed by atoms with Crippen LogP contribution in [0.5, 0.6) is 0 Å². The summed E-state index contributed by atoms with van der Waals surface area (Å²) in [4.78, 5) is 19.9. The first-order valence-corrected chi connectivity index (χ1v) is 9.01. The Hall–Kier alpha value is -2.09. The molecule has 1 aromatic heterocycles. The number of nitrogens with one attached hydrogen (secondary N) is 1. The van der Waals surface area contributed by atoms with Crippen LogP contribution in [-0.2, 0) is 11.0 Å². The van der Waals surface area contributed by atoms with Crippen molar-refractivity contribution in [2.24, 2.45) is 5.92 Å². The molecule has 0 aliphatic carbocycles. The van der Waals surface area contributed by atoms with Crippen molar-refractivity contribution >= 4 is 17.7 Å². The van der Waals surface area contributed by atoms with Gasteiger partial charge < -0.3 is 5.32 Å². The van der Waals surface area contributed by atoms with Crippen LogP contribution in [0.25, 0.3) is 11.3 Å². The Labute approximate surface area is 154 Å². The number of aromatic nitrogens is 2. The van der Waals surface area contributed by atoms with Gasteiger partial charge in [-0.05, 0) is 18.9 Å². The smallest absolute Gasteiger partial charge is 0.355 e. The standard InChI is InChI=1S/C18H20F3N3OS/c1-11(2)10-22-16(25)12(3)26-17-23-14(13-7-5-4-6-8-13)9-15(24-17)18(19,20)21/h4-9,11-12H,10H2,1-3H3,(H,22,25)/t12-/m0/s1. The lowest BCUT2D eigenvalue weighted by molar-refractivity contribution is -0.141. The fraction of sp³-hybridized carbons (Fsp3) is 0.389. The van der Waals surface area contributed by atoms with Crippen LogP contribution in [0.4, 0.5) is 13.2 Å². The molecule has 0 saturated carbocycles. The first-order chi connectivity index (χ1) is 12.2. The quantitative estimate of drug-likeness (QED) is 0.593. The van der Waals surface area contributed by atoms with Gasteiger partial charge in [-0.25, -0.2) is 9.97 Å². The van der Waals surface area contributed by atoms with Gasteiger partial charge in [-0.2, -0.15) is 13.2 Å². The van der Waals surface area contributed by atoms with Crippen LogP contribution in [0.1, 0.15) is 26.5 Å². The molecule has 1 aromatic carbocycles. The van der Waals surface area contributed by atoms with E-state index in [2.05, 4.69) is 15.3 Å². The van der Waals surface area contributed by atoms with Crippen molar-refractivity contribution in [3.63, 3.8) is 0 Å². The lowest BCUT2D eigenvalue weighted by atomic mass is 10.1. The molecule has 8 heteroatoms. The van der Waals surface area contributed by atoms with E-state index in [-0.39, 0.29) is 22.7 Å². The third-order valence-electron chi connectivity index (χ3n) is 3.40. The fourth-order valence-electron chi connectivity index (χ4n) is 2.04. The summed E-state index contributed by atoms with van der Waals surface area (Å²) in [5.41, 5.74) is -0.298. The predicted octanol–water partition coefficient (Wildman–Crippen LogP) is 4.42. The minimum absolute atomic E-state index is 0.0779. The van der Waals surface area contributed by atoms with E-state index in [4.69, 9.17) is 0 Å². The molecule has 0 radical (unpaired) electrons. The van der Waals surface area contributed by atoms with E-state index < -0.39 is 17.1 Å². The van der Waals surface area contributed by atoms with Gasteiger partial charge in [-0.15, -0.1) is 0 Å². The topological polar surface area (TPSA) is 54.9 Å². The second-order valence-corrected chi connectivity index (χ2v) is 7.49. The van der Waals surface area contributed by atoms with E-state index in [1.54, 1.807) is 37.3 Å². The number of amides is 1.